The molecule has 2 N–H and O–H groups in total. The third-order valence-corrected chi connectivity index (χ3v) is 3.54. The summed E-state index contributed by atoms with van der Waals surface area (Å²) in [6.45, 7) is 1.74. The molecule has 4 heteroatoms. The largest absolute Gasteiger partial charge is 0.506 e. The number of hydrogen-bond acceptors (Lipinski definition) is 2. The molecular formula is C13H15Br2NO. The Morgan fingerprint density at radius 2 is 1.88 bits per heavy atom. The Morgan fingerprint density at radius 3 is 2.47 bits per heavy atom. The second-order valence-electron chi connectivity index (χ2n) is 3.75. The fourth-order valence-corrected chi connectivity index (χ4v) is 2.71. The summed E-state index contributed by atoms with van der Waals surface area (Å²) in [5.74, 6) is 2.87. The average Bonchev–Trinajstić information content (AvgIpc) is 2.30. The first kappa shape index (κ1) is 14.6. The van der Waals surface area contributed by atoms with Crippen molar-refractivity contribution >= 4 is 31.9 Å². The van der Waals surface area contributed by atoms with Gasteiger partial charge in [0.2, 0.25) is 0 Å². The maximum Gasteiger partial charge on any atom is 0.143 e. The lowest BCUT2D eigenvalue weighted by Gasteiger charge is -2.07. The molecule has 0 atom stereocenters. The van der Waals surface area contributed by atoms with Crippen LogP contribution in [-0.4, -0.2) is 11.7 Å². The van der Waals surface area contributed by atoms with Gasteiger partial charge in [-0.3, -0.25) is 0 Å². The van der Waals surface area contributed by atoms with Crippen LogP contribution in [0.4, 0.5) is 0 Å². The highest BCUT2D eigenvalue weighted by atomic mass is 79.9. The van der Waals surface area contributed by atoms with Crippen molar-refractivity contribution in [3.05, 3.63) is 26.6 Å². The van der Waals surface area contributed by atoms with Crippen molar-refractivity contribution in [2.75, 3.05) is 6.54 Å². The first-order valence-electron chi connectivity index (χ1n) is 5.46. The zero-order valence-electron chi connectivity index (χ0n) is 9.47. The molecule has 0 spiro atoms. The van der Waals surface area contributed by atoms with Gasteiger partial charge in [-0.25, -0.2) is 0 Å². The third-order valence-electron chi connectivity index (χ3n) is 2.33. The van der Waals surface area contributed by atoms with Crippen LogP contribution in [0.5, 0.6) is 5.75 Å². The highest BCUT2D eigenvalue weighted by molar-refractivity contribution is 9.11. The molecule has 17 heavy (non-hydrogen) atoms. The second kappa shape index (κ2) is 7.75. The topological polar surface area (TPSA) is 32.3 Å². The van der Waals surface area contributed by atoms with E-state index >= 15 is 0 Å². The fraction of sp³-hybridized carbons (Fsp3) is 0.385. The van der Waals surface area contributed by atoms with Gasteiger partial charge in [0.15, 0.2) is 0 Å². The Balaban J connectivity index is 2.35. The number of phenolic OH excluding ortho intramolecular Hbond substituents is 1. The highest BCUT2D eigenvalue weighted by Crippen LogP contribution is 2.33. The lowest BCUT2D eigenvalue weighted by molar-refractivity contribution is 0.468. The second-order valence-corrected chi connectivity index (χ2v) is 5.45. The summed E-state index contributed by atoms with van der Waals surface area (Å²) in [5, 5.41) is 12.9. The van der Waals surface area contributed by atoms with Crippen LogP contribution in [0.2, 0.25) is 0 Å². The van der Waals surface area contributed by atoms with E-state index in [1.54, 1.807) is 0 Å². The van der Waals surface area contributed by atoms with Gasteiger partial charge in [0.05, 0.1) is 8.95 Å². The molecule has 0 bridgehead atoms. The summed E-state index contributed by atoms with van der Waals surface area (Å²) in [6.07, 6.45) is 8.17. The van der Waals surface area contributed by atoms with Gasteiger partial charge in [0, 0.05) is 13.0 Å². The lowest BCUT2D eigenvalue weighted by atomic mass is 10.2. The summed E-state index contributed by atoms with van der Waals surface area (Å²) in [7, 11) is 0. The van der Waals surface area contributed by atoms with Gasteiger partial charge in [0.25, 0.3) is 0 Å². The van der Waals surface area contributed by atoms with Gasteiger partial charge in [-0.15, -0.1) is 12.3 Å². The Bertz CT molecular complexity index is 389. The number of nitrogens with one attached hydrogen (secondary N) is 1. The van der Waals surface area contributed by atoms with Crippen LogP contribution in [0.15, 0.2) is 21.1 Å². The van der Waals surface area contributed by atoms with E-state index in [4.69, 9.17) is 6.42 Å². The van der Waals surface area contributed by atoms with E-state index in [2.05, 4.69) is 43.1 Å². The van der Waals surface area contributed by atoms with E-state index in [1.807, 2.05) is 12.1 Å². The molecule has 0 heterocycles. The van der Waals surface area contributed by atoms with E-state index in [1.165, 1.54) is 0 Å². The molecule has 0 aliphatic carbocycles. The monoisotopic (exact) mass is 359 g/mol. The van der Waals surface area contributed by atoms with Crippen molar-refractivity contribution < 1.29 is 5.11 Å². The molecule has 1 aromatic carbocycles. The zero-order valence-corrected chi connectivity index (χ0v) is 12.6. The Labute approximate surface area is 119 Å². The number of hydrogen-bond donors (Lipinski definition) is 2. The van der Waals surface area contributed by atoms with Gasteiger partial charge in [-0.1, -0.05) is 0 Å². The first-order valence-corrected chi connectivity index (χ1v) is 7.05. The van der Waals surface area contributed by atoms with Crippen LogP contribution < -0.4 is 5.32 Å². The highest BCUT2D eigenvalue weighted by Gasteiger charge is 2.05. The molecule has 0 saturated heterocycles. The average molecular weight is 361 g/mol. The van der Waals surface area contributed by atoms with Crippen LogP contribution in [0.25, 0.3) is 0 Å². The van der Waals surface area contributed by atoms with Gasteiger partial charge in [-0.2, -0.15) is 0 Å². The molecule has 0 unspecified atom stereocenters. The van der Waals surface area contributed by atoms with E-state index in [9.17, 15) is 5.11 Å². The third kappa shape index (κ3) is 5.12. The number of unbranched alkanes of at least 4 members (excludes halogenated alkanes) is 2. The SMILES string of the molecule is C#CCCCCNCc1cc(Br)c(O)c(Br)c1. The summed E-state index contributed by atoms with van der Waals surface area (Å²) < 4.78 is 1.41. The van der Waals surface area contributed by atoms with E-state index in [-0.39, 0.29) is 5.75 Å². The van der Waals surface area contributed by atoms with E-state index in [0.717, 1.165) is 37.9 Å². The quantitative estimate of drug-likeness (QED) is 0.597. The van der Waals surface area contributed by atoms with Crippen LogP contribution in [-0.2, 0) is 6.54 Å². The maximum absolute atomic E-state index is 9.57. The minimum atomic E-state index is 0.239. The van der Waals surface area contributed by atoms with E-state index in [0.29, 0.717) is 8.95 Å². The first-order chi connectivity index (χ1) is 8.15. The Kier molecular flexibility index (Phi) is 6.64. The van der Waals surface area contributed by atoms with Gasteiger partial charge >= 0.3 is 0 Å². The molecule has 0 fully saturated rings. The molecule has 0 amide bonds. The smallest absolute Gasteiger partial charge is 0.143 e. The zero-order chi connectivity index (χ0) is 12.7. The summed E-state index contributed by atoms with van der Waals surface area (Å²) >= 11 is 6.62. The maximum atomic E-state index is 9.57. The van der Waals surface area contributed by atoms with Crippen molar-refractivity contribution in [1.29, 1.82) is 0 Å². The van der Waals surface area contributed by atoms with Crippen molar-refractivity contribution in [2.24, 2.45) is 0 Å². The predicted octanol–water partition coefficient (Wildman–Crippen LogP) is 3.81. The fourth-order valence-electron chi connectivity index (χ4n) is 1.43. The molecule has 92 valence electrons. The lowest BCUT2D eigenvalue weighted by Crippen LogP contribution is -2.14. The molecule has 0 radical (unpaired) electrons. The number of phenols is 1. The summed E-state index contributed by atoms with van der Waals surface area (Å²) in [6, 6.07) is 3.82. The molecule has 1 rings (SSSR count). The molecule has 1 aromatic rings. The predicted molar refractivity (Wildman–Crippen MR) is 77.9 cm³/mol. The number of terminal acetylenes is 1. The van der Waals surface area contributed by atoms with Crippen LogP contribution in [0, 0.1) is 12.3 Å². The van der Waals surface area contributed by atoms with Gasteiger partial charge in [-0.05, 0) is 68.9 Å². The van der Waals surface area contributed by atoms with Crippen molar-refractivity contribution in [1.82, 2.24) is 5.32 Å². The van der Waals surface area contributed by atoms with Crippen LogP contribution >= 0.6 is 31.9 Å². The van der Waals surface area contributed by atoms with E-state index < -0.39 is 0 Å². The summed E-state index contributed by atoms with van der Waals surface area (Å²) in [5.41, 5.74) is 1.12. The molecule has 0 aliphatic rings. The number of aromatic hydroxyl groups is 1. The number of benzene rings is 1. The molecule has 0 saturated carbocycles. The molecule has 2 nitrogen and oxygen atoms in total. The number of halogens is 2. The Morgan fingerprint density at radius 1 is 1.24 bits per heavy atom. The molecular weight excluding hydrogens is 346 g/mol. The standard InChI is InChI=1S/C13H15Br2NO/c1-2-3-4-5-6-16-9-10-7-11(14)13(17)12(15)8-10/h1,7-8,16-17H,3-6,9H2. The minimum absolute atomic E-state index is 0.239. The van der Waals surface area contributed by atoms with Crippen molar-refractivity contribution in [3.63, 3.8) is 0 Å². The number of rotatable bonds is 6. The molecule has 0 aliphatic heterocycles. The van der Waals surface area contributed by atoms with Gasteiger partial charge in [0.1, 0.15) is 5.75 Å². The van der Waals surface area contributed by atoms with Crippen molar-refractivity contribution in [2.45, 2.75) is 25.8 Å². The summed E-state index contributed by atoms with van der Waals surface area (Å²) in [4.78, 5) is 0. The molecule has 0 aromatic heterocycles. The van der Waals surface area contributed by atoms with Crippen molar-refractivity contribution in [3.8, 4) is 18.1 Å². The minimum Gasteiger partial charge on any atom is -0.506 e. The van der Waals surface area contributed by atoms with Gasteiger partial charge < -0.3 is 10.4 Å². The normalized spacial score (nSPS) is 10.2. The Hall–Kier alpha value is -0.500. The van der Waals surface area contributed by atoms with Crippen LogP contribution in [0.1, 0.15) is 24.8 Å². The van der Waals surface area contributed by atoms with Crippen LogP contribution in [0.3, 0.4) is 0 Å².